The Bertz CT molecular complexity index is 1600. The number of hydrogen-bond acceptors (Lipinski definition) is 6. The number of nitrogens with zero attached hydrogens (tertiary/aromatic N) is 4. The second kappa shape index (κ2) is 8.72. The predicted octanol–water partition coefficient (Wildman–Crippen LogP) is 6.71. The Labute approximate surface area is 208 Å². The molecule has 4 aromatic heterocycles. The van der Waals surface area contributed by atoms with E-state index in [1.807, 2.05) is 24.5 Å². The molecule has 6 heteroatoms. The summed E-state index contributed by atoms with van der Waals surface area (Å²) in [5, 5.41) is 11.9. The largest absolute Gasteiger partial charge is 0.365 e. The molecule has 36 heavy (non-hydrogen) atoms. The molecule has 1 aliphatic carbocycles. The van der Waals surface area contributed by atoms with E-state index in [0.29, 0.717) is 0 Å². The molecular weight excluding hydrogens is 444 g/mol. The average molecular weight is 471 g/mol. The molecule has 0 bridgehead atoms. The number of hydrogen-bond donors (Lipinski definition) is 2. The third-order valence-corrected chi connectivity index (χ3v) is 7.30. The van der Waals surface area contributed by atoms with E-state index in [1.54, 1.807) is 0 Å². The van der Waals surface area contributed by atoms with Gasteiger partial charge < -0.3 is 10.6 Å². The molecule has 1 aliphatic rings. The van der Waals surface area contributed by atoms with Crippen LogP contribution < -0.4 is 10.6 Å². The third-order valence-electron chi connectivity index (χ3n) is 7.30. The maximum absolute atomic E-state index is 4.99. The fourth-order valence-electron chi connectivity index (χ4n) is 5.46. The Balaban J connectivity index is 1.19. The third kappa shape index (κ3) is 3.75. The van der Waals surface area contributed by atoms with E-state index in [-0.39, 0.29) is 12.1 Å². The Morgan fingerprint density at radius 3 is 1.39 bits per heavy atom. The maximum atomic E-state index is 4.99. The maximum Gasteiger partial charge on any atom is 0.127 e. The van der Waals surface area contributed by atoms with Crippen LogP contribution in [0.25, 0.3) is 43.6 Å². The van der Waals surface area contributed by atoms with Crippen LogP contribution in [-0.4, -0.2) is 32.0 Å². The summed E-state index contributed by atoms with van der Waals surface area (Å²) in [5.41, 5.74) is 3.76. The lowest BCUT2D eigenvalue weighted by Crippen LogP contribution is -2.42. The highest BCUT2D eigenvalue weighted by molar-refractivity contribution is 6.04. The molecule has 4 heterocycles. The monoisotopic (exact) mass is 470 g/mol. The van der Waals surface area contributed by atoms with Crippen LogP contribution in [0, 0.1) is 0 Å². The summed E-state index contributed by atoms with van der Waals surface area (Å²) >= 11 is 0. The van der Waals surface area contributed by atoms with Crippen molar-refractivity contribution in [2.24, 2.45) is 0 Å². The van der Waals surface area contributed by atoms with Crippen molar-refractivity contribution in [3.05, 3.63) is 85.2 Å². The van der Waals surface area contributed by atoms with Crippen molar-refractivity contribution in [1.82, 2.24) is 19.9 Å². The molecule has 1 fully saturated rings. The van der Waals surface area contributed by atoms with Gasteiger partial charge in [-0.05, 0) is 49.2 Å². The zero-order valence-electron chi connectivity index (χ0n) is 19.9. The van der Waals surface area contributed by atoms with Crippen LogP contribution in [-0.2, 0) is 0 Å². The van der Waals surface area contributed by atoms with Crippen molar-refractivity contribution in [1.29, 1.82) is 0 Å². The molecular formula is C30H26N6. The van der Waals surface area contributed by atoms with Gasteiger partial charge in [-0.15, -0.1) is 0 Å². The normalized spacial score (nSPS) is 18.1. The van der Waals surface area contributed by atoms with E-state index in [4.69, 9.17) is 9.97 Å². The summed E-state index contributed by atoms with van der Waals surface area (Å²) in [7, 11) is 0. The molecule has 6 aromatic rings. The van der Waals surface area contributed by atoms with Crippen LogP contribution in [0.4, 0.5) is 11.6 Å². The van der Waals surface area contributed by atoms with Crippen molar-refractivity contribution >= 4 is 55.2 Å². The van der Waals surface area contributed by atoms with Gasteiger partial charge in [-0.3, -0.25) is 9.97 Å². The number of pyridine rings is 4. The molecule has 6 nitrogen and oxygen atoms in total. The number of nitrogens with one attached hydrogen (secondary N) is 2. The minimum atomic E-state index is 0.259. The Morgan fingerprint density at radius 1 is 0.500 bits per heavy atom. The quantitative estimate of drug-likeness (QED) is 0.279. The van der Waals surface area contributed by atoms with Gasteiger partial charge in [0.1, 0.15) is 11.6 Å². The van der Waals surface area contributed by atoms with E-state index in [9.17, 15) is 0 Å². The smallest absolute Gasteiger partial charge is 0.127 e. The van der Waals surface area contributed by atoms with Crippen LogP contribution in [0.1, 0.15) is 25.7 Å². The molecule has 176 valence electrons. The SMILES string of the molecule is c1cnc2c(c1)ccc1ccc(NC3CCCCC3Nc3ccc4ccc5cccnc5c4n3)nc12. The second-order valence-corrected chi connectivity index (χ2v) is 9.60. The van der Waals surface area contributed by atoms with Gasteiger partial charge in [0.05, 0.1) is 22.1 Å². The summed E-state index contributed by atoms with van der Waals surface area (Å²) in [6.07, 6.45) is 8.24. The topological polar surface area (TPSA) is 75.6 Å². The van der Waals surface area contributed by atoms with E-state index in [2.05, 4.69) is 81.3 Å². The van der Waals surface area contributed by atoms with Gasteiger partial charge in [0.15, 0.2) is 0 Å². The molecule has 0 saturated heterocycles. The molecule has 0 spiro atoms. The number of fused-ring (bicyclic) bond motifs is 6. The Morgan fingerprint density at radius 2 is 0.917 bits per heavy atom. The summed E-state index contributed by atoms with van der Waals surface area (Å²) in [5.74, 6) is 1.78. The first-order valence-electron chi connectivity index (χ1n) is 12.6. The summed E-state index contributed by atoms with van der Waals surface area (Å²) in [6, 6.07) is 25.5. The predicted molar refractivity (Wildman–Crippen MR) is 147 cm³/mol. The van der Waals surface area contributed by atoms with E-state index < -0.39 is 0 Å². The van der Waals surface area contributed by atoms with Crippen molar-refractivity contribution < 1.29 is 0 Å². The van der Waals surface area contributed by atoms with Gasteiger partial charge in [-0.25, -0.2) is 9.97 Å². The van der Waals surface area contributed by atoms with Gasteiger partial charge in [0.25, 0.3) is 0 Å². The van der Waals surface area contributed by atoms with Crippen molar-refractivity contribution in [3.63, 3.8) is 0 Å². The number of rotatable bonds is 4. The van der Waals surface area contributed by atoms with Gasteiger partial charge in [-0.2, -0.15) is 0 Å². The summed E-state index contributed by atoms with van der Waals surface area (Å²) < 4.78 is 0. The highest BCUT2D eigenvalue weighted by Crippen LogP contribution is 2.29. The number of aromatic nitrogens is 4. The number of benzene rings is 2. The lowest BCUT2D eigenvalue weighted by molar-refractivity contribution is 0.422. The molecule has 0 radical (unpaired) electrons. The molecule has 1 saturated carbocycles. The van der Waals surface area contributed by atoms with Crippen LogP contribution in [0.3, 0.4) is 0 Å². The van der Waals surface area contributed by atoms with Crippen molar-refractivity contribution in [2.45, 2.75) is 37.8 Å². The Kier molecular flexibility index (Phi) is 5.09. The molecule has 7 rings (SSSR count). The van der Waals surface area contributed by atoms with Crippen LogP contribution in [0.15, 0.2) is 85.2 Å². The highest BCUT2D eigenvalue weighted by Gasteiger charge is 2.26. The van der Waals surface area contributed by atoms with Crippen LogP contribution in [0.2, 0.25) is 0 Å². The first kappa shape index (κ1) is 21.0. The summed E-state index contributed by atoms with van der Waals surface area (Å²) in [4.78, 5) is 19.2. The number of anilines is 2. The van der Waals surface area contributed by atoms with Crippen LogP contribution >= 0.6 is 0 Å². The standard InChI is InChI=1S/C30H26N6/c1-2-8-24(34-26-16-14-22-12-10-20-6-4-18-32-28(20)30(22)36-26)23(7-1)33-25-15-13-21-11-9-19-5-3-17-31-27(19)29(21)35-25/h3-6,9-18,23-24H,1-2,7-8H2,(H,33,35)(H,34,36). The minimum Gasteiger partial charge on any atom is -0.365 e. The first-order chi connectivity index (χ1) is 17.8. The van der Waals surface area contributed by atoms with Gasteiger partial charge in [0.2, 0.25) is 0 Å². The fourth-order valence-corrected chi connectivity index (χ4v) is 5.46. The molecule has 2 unspecified atom stereocenters. The van der Waals surface area contributed by atoms with Crippen molar-refractivity contribution in [3.8, 4) is 0 Å². The minimum absolute atomic E-state index is 0.259. The van der Waals surface area contributed by atoms with E-state index in [0.717, 1.165) is 68.1 Å². The fraction of sp³-hybridized carbons (Fsp3) is 0.200. The van der Waals surface area contributed by atoms with Crippen LogP contribution in [0.5, 0.6) is 0 Å². The molecule has 0 amide bonds. The lowest BCUT2D eigenvalue weighted by atomic mass is 9.90. The summed E-state index contributed by atoms with van der Waals surface area (Å²) in [6.45, 7) is 0. The molecule has 2 N–H and O–H groups in total. The van der Waals surface area contributed by atoms with Crippen molar-refractivity contribution in [2.75, 3.05) is 10.6 Å². The molecule has 2 aromatic carbocycles. The molecule has 2 atom stereocenters. The highest BCUT2D eigenvalue weighted by atomic mass is 15.1. The average Bonchev–Trinajstić information content (AvgIpc) is 2.94. The Hall–Kier alpha value is -4.32. The zero-order valence-corrected chi connectivity index (χ0v) is 19.9. The van der Waals surface area contributed by atoms with Gasteiger partial charge in [-0.1, -0.05) is 49.2 Å². The first-order valence-corrected chi connectivity index (χ1v) is 12.6. The van der Waals surface area contributed by atoms with E-state index >= 15 is 0 Å². The zero-order chi connectivity index (χ0) is 23.9. The lowest BCUT2D eigenvalue weighted by Gasteiger charge is -2.33. The van der Waals surface area contributed by atoms with E-state index in [1.165, 1.54) is 12.8 Å². The van der Waals surface area contributed by atoms with Gasteiger partial charge >= 0.3 is 0 Å². The molecule has 0 aliphatic heterocycles. The second-order valence-electron chi connectivity index (χ2n) is 9.60. The van der Waals surface area contributed by atoms with Gasteiger partial charge in [0, 0.05) is 46.0 Å².